The minimum Gasteiger partial charge on any atom is -0.309 e. The van der Waals surface area contributed by atoms with E-state index in [0.717, 1.165) is 22.7 Å². The highest BCUT2D eigenvalue weighted by Gasteiger charge is 2.30. The van der Waals surface area contributed by atoms with E-state index in [2.05, 4.69) is 273 Å². The van der Waals surface area contributed by atoms with Gasteiger partial charge in [-0.05, 0) is 115 Å². The number of hydrogen-bond acceptors (Lipinski definition) is 2. The van der Waals surface area contributed by atoms with Crippen molar-refractivity contribution in [3.05, 3.63) is 198 Å². The Morgan fingerprint density at radius 3 is 0.870 bits per heavy atom. The van der Waals surface area contributed by atoms with Crippen molar-refractivity contribution in [2.45, 2.75) is 105 Å². The zero-order valence-corrected chi connectivity index (χ0v) is 42.6. The third-order valence-electron chi connectivity index (χ3n) is 14.7. The summed E-state index contributed by atoms with van der Waals surface area (Å²) in [6.07, 6.45) is 0. The molecule has 0 aliphatic rings. The summed E-state index contributed by atoms with van der Waals surface area (Å²) >= 11 is 0. The van der Waals surface area contributed by atoms with E-state index in [4.69, 9.17) is 0 Å². The van der Waals surface area contributed by atoms with Gasteiger partial charge < -0.3 is 14.2 Å². The number of anilines is 6. The maximum atomic E-state index is 2.59. The van der Waals surface area contributed by atoms with Crippen LogP contribution in [0, 0.1) is 0 Å². The molecule has 0 bridgehead atoms. The van der Waals surface area contributed by atoms with Crippen LogP contribution >= 0.6 is 0 Å². The maximum absolute atomic E-state index is 2.59. The predicted octanol–water partition coefficient (Wildman–Crippen LogP) is 19.3. The smallest absolute Gasteiger partial charge is 0.0640 e. The molecule has 0 N–H and O–H groups in total. The van der Waals surface area contributed by atoms with Crippen molar-refractivity contribution in [1.82, 2.24) is 4.40 Å². The number of aromatic nitrogens is 1. The Kier molecular flexibility index (Phi) is 10.1. The summed E-state index contributed by atoms with van der Waals surface area (Å²) in [5.41, 5.74) is 16.0. The fourth-order valence-corrected chi connectivity index (χ4v) is 10.8. The van der Waals surface area contributed by atoms with E-state index in [1.54, 1.807) is 0 Å². The van der Waals surface area contributed by atoms with Gasteiger partial charge in [0.2, 0.25) is 0 Å². The Labute approximate surface area is 409 Å². The average molecular weight is 900 g/mol. The second kappa shape index (κ2) is 15.7. The molecule has 2 heterocycles. The largest absolute Gasteiger partial charge is 0.309 e. The molecule has 0 radical (unpaired) electrons. The molecule has 11 rings (SSSR count). The summed E-state index contributed by atoms with van der Waals surface area (Å²) in [7, 11) is 0. The van der Waals surface area contributed by atoms with E-state index in [0.29, 0.717) is 0 Å². The fraction of sp³-hybridized carbons (Fsp3) is 0.242. The minimum absolute atomic E-state index is 0.0308. The zero-order chi connectivity index (χ0) is 48.4. The van der Waals surface area contributed by atoms with Crippen molar-refractivity contribution in [1.29, 1.82) is 0 Å². The summed E-state index contributed by atoms with van der Waals surface area (Å²) in [4.78, 5) is 5.05. The van der Waals surface area contributed by atoms with E-state index < -0.39 is 0 Å². The summed E-state index contributed by atoms with van der Waals surface area (Å²) in [5, 5.41) is 9.83. The molecule has 0 saturated heterocycles. The van der Waals surface area contributed by atoms with Crippen molar-refractivity contribution < 1.29 is 0 Å². The van der Waals surface area contributed by atoms with Crippen LogP contribution in [0.4, 0.5) is 34.1 Å². The molecule has 0 saturated carbocycles. The molecule has 0 fully saturated rings. The van der Waals surface area contributed by atoms with E-state index in [-0.39, 0.29) is 21.7 Å². The minimum atomic E-state index is 0.0308. The third kappa shape index (κ3) is 7.41. The van der Waals surface area contributed by atoms with Gasteiger partial charge in [-0.25, -0.2) is 0 Å². The van der Waals surface area contributed by atoms with Crippen LogP contribution in [0.2, 0.25) is 0 Å². The Hall–Kier alpha value is -7.10. The lowest BCUT2D eigenvalue weighted by Crippen LogP contribution is -2.15. The number of rotatable bonds is 6. The number of hydrogen-bond donors (Lipinski definition) is 0. The van der Waals surface area contributed by atoms with E-state index in [1.807, 2.05) is 0 Å². The molecule has 0 spiro atoms. The third-order valence-corrected chi connectivity index (χ3v) is 14.7. The van der Waals surface area contributed by atoms with Crippen molar-refractivity contribution in [3.8, 4) is 0 Å². The van der Waals surface area contributed by atoms with Gasteiger partial charge in [0.05, 0.1) is 27.9 Å². The van der Waals surface area contributed by atoms with Crippen LogP contribution in [-0.2, 0) is 21.7 Å². The molecule has 9 aromatic carbocycles. The Bertz CT molecular complexity index is 3350. The molecule has 3 heteroatoms. The number of nitrogens with zero attached hydrogens (tertiary/aromatic N) is 3. The predicted molar refractivity (Wildman–Crippen MR) is 300 cm³/mol. The van der Waals surface area contributed by atoms with Crippen LogP contribution < -0.4 is 9.80 Å². The zero-order valence-electron chi connectivity index (χ0n) is 42.6. The Balaban J connectivity index is 1.26. The van der Waals surface area contributed by atoms with E-state index >= 15 is 0 Å². The van der Waals surface area contributed by atoms with Crippen molar-refractivity contribution in [2.24, 2.45) is 0 Å². The summed E-state index contributed by atoms with van der Waals surface area (Å²) < 4.78 is 2.59. The normalized spacial score (nSPS) is 12.9. The first kappa shape index (κ1) is 44.4. The molecule has 0 aliphatic heterocycles. The monoisotopic (exact) mass is 900 g/mol. The standard InChI is InChI=1S/C66H65N3/c1-63(2,3)44-24-32-48(33-25-44)67(49-34-26-45(27-35-49)64(4,5)6)61-52-20-15-13-18-42(52)40-56-58(61)54-22-17-23-55-59-57(69(56)60(54)55)41-43-19-14-16-21-53(43)62(59)68(50-36-28-46(29-37-50)65(7,8)9)51-38-30-47(31-39-51)66(10,11)12/h13-41H,1-12H3. The summed E-state index contributed by atoms with van der Waals surface area (Å²) in [5.74, 6) is 0. The fourth-order valence-electron chi connectivity index (χ4n) is 10.8. The van der Waals surface area contributed by atoms with Crippen LogP contribution in [0.25, 0.3) is 59.6 Å². The topological polar surface area (TPSA) is 10.9 Å². The SMILES string of the molecule is CC(C)(C)c1ccc(N(c2ccc(C(C)(C)C)cc2)c2c3ccccc3cc3c2c2cccc4c5c(N(c6ccc(C(C)(C)C)cc6)c6ccc(C(C)(C)C)cc6)c6ccccc6cc5n3c24)cc1. The molecule has 0 amide bonds. The van der Waals surface area contributed by atoms with Crippen molar-refractivity contribution in [3.63, 3.8) is 0 Å². The van der Waals surface area contributed by atoms with Crippen LogP contribution in [0.3, 0.4) is 0 Å². The first-order chi connectivity index (χ1) is 32.8. The van der Waals surface area contributed by atoms with Gasteiger partial charge in [-0.2, -0.15) is 0 Å². The Morgan fingerprint density at radius 2 is 0.580 bits per heavy atom. The van der Waals surface area contributed by atoms with E-state index in [1.165, 1.54) is 93.3 Å². The van der Waals surface area contributed by atoms with Gasteiger partial charge in [0.15, 0.2) is 0 Å². The molecule has 344 valence electrons. The molecule has 0 unspecified atom stereocenters. The first-order valence-electron chi connectivity index (χ1n) is 24.9. The summed E-state index contributed by atoms with van der Waals surface area (Å²) in [6.45, 7) is 27.5. The molecular weight excluding hydrogens is 835 g/mol. The van der Waals surface area contributed by atoms with Gasteiger partial charge in [-0.3, -0.25) is 0 Å². The Morgan fingerprint density at radius 1 is 0.304 bits per heavy atom. The number of para-hydroxylation sites is 1. The molecule has 3 nitrogen and oxygen atoms in total. The first-order valence-corrected chi connectivity index (χ1v) is 24.9. The summed E-state index contributed by atoms with van der Waals surface area (Å²) in [6, 6.07) is 67.0. The van der Waals surface area contributed by atoms with Crippen LogP contribution in [-0.4, -0.2) is 4.40 Å². The van der Waals surface area contributed by atoms with Crippen LogP contribution in [0.5, 0.6) is 0 Å². The lowest BCUT2D eigenvalue weighted by molar-refractivity contribution is 0.590. The lowest BCUT2D eigenvalue weighted by Gasteiger charge is -2.30. The molecular formula is C66H65N3. The van der Waals surface area contributed by atoms with Gasteiger partial charge in [0.1, 0.15) is 0 Å². The van der Waals surface area contributed by atoms with Crippen molar-refractivity contribution in [2.75, 3.05) is 9.80 Å². The maximum Gasteiger partial charge on any atom is 0.0640 e. The number of benzene rings is 9. The van der Waals surface area contributed by atoms with Crippen LogP contribution in [0.1, 0.15) is 105 Å². The van der Waals surface area contributed by atoms with E-state index in [9.17, 15) is 0 Å². The van der Waals surface area contributed by atoms with Gasteiger partial charge in [0, 0.05) is 55.1 Å². The molecule has 2 aromatic heterocycles. The van der Waals surface area contributed by atoms with Gasteiger partial charge >= 0.3 is 0 Å². The lowest BCUT2D eigenvalue weighted by atomic mass is 9.86. The molecule has 0 atom stereocenters. The number of fused-ring (bicyclic) bond motifs is 8. The average Bonchev–Trinajstić information content (AvgIpc) is 3.83. The quantitative estimate of drug-likeness (QED) is 0.165. The van der Waals surface area contributed by atoms with Crippen molar-refractivity contribution >= 4 is 93.8 Å². The highest BCUT2D eigenvalue weighted by molar-refractivity contribution is 6.33. The molecule has 69 heavy (non-hydrogen) atoms. The second-order valence-electron chi connectivity index (χ2n) is 23.6. The van der Waals surface area contributed by atoms with Gasteiger partial charge in [0.25, 0.3) is 0 Å². The molecule has 11 aromatic rings. The molecule has 0 aliphatic carbocycles. The van der Waals surface area contributed by atoms with Crippen LogP contribution in [0.15, 0.2) is 176 Å². The highest BCUT2D eigenvalue weighted by atomic mass is 15.2. The van der Waals surface area contributed by atoms with Gasteiger partial charge in [-0.15, -0.1) is 0 Å². The van der Waals surface area contributed by atoms with Gasteiger partial charge in [-0.1, -0.05) is 198 Å². The highest BCUT2D eigenvalue weighted by Crippen LogP contribution is 2.53. The second-order valence-corrected chi connectivity index (χ2v) is 23.6.